The molecule has 2 bridgehead atoms. The standard InChI is InChI=1S/C10H19NO/c1-8(2)9(3)4-5-10(8,11)6-7(9)12/h7,12H,4-6,11H2,1-3H3/t7-,9+,10+/m0/s1. The molecule has 0 aromatic rings. The molecule has 0 saturated heterocycles. The number of nitrogens with two attached hydrogens (primary N) is 1. The van der Waals surface area contributed by atoms with Crippen LogP contribution in [0.4, 0.5) is 0 Å². The molecule has 3 N–H and O–H groups in total. The van der Waals surface area contributed by atoms with Gasteiger partial charge in [0.05, 0.1) is 6.10 Å². The molecule has 0 unspecified atom stereocenters. The number of hydrogen-bond acceptors (Lipinski definition) is 2. The van der Waals surface area contributed by atoms with Crippen LogP contribution in [0.1, 0.15) is 40.0 Å². The van der Waals surface area contributed by atoms with Crippen molar-refractivity contribution in [3.63, 3.8) is 0 Å². The topological polar surface area (TPSA) is 46.2 Å². The van der Waals surface area contributed by atoms with Gasteiger partial charge in [0.15, 0.2) is 0 Å². The van der Waals surface area contributed by atoms with Crippen LogP contribution < -0.4 is 5.73 Å². The third-order valence-corrected chi connectivity index (χ3v) is 5.06. The Balaban J connectivity index is 2.49. The fraction of sp³-hybridized carbons (Fsp3) is 1.00. The molecule has 12 heavy (non-hydrogen) atoms. The van der Waals surface area contributed by atoms with Crippen molar-refractivity contribution in [3.8, 4) is 0 Å². The van der Waals surface area contributed by atoms with Gasteiger partial charge in [0.25, 0.3) is 0 Å². The Hall–Kier alpha value is -0.0800. The summed E-state index contributed by atoms with van der Waals surface area (Å²) in [7, 11) is 0. The van der Waals surface area contributed by atoms with E-state index in [1.807, 2.05) is 0 Å². The number of aliphatic hydroxyl groups is 1. The van der Waals surface area contributed by atoms with E-state index in [4.69, 9.17) is 5.73 Å². The third kappa shape index (κ3) is 0.612. The van der Waals surface area contributed by atoms with Gasteiger partial charge in [-0.15, -0.1) is 0 Å². The zero-order valence-corrected chi connectivity index (χ0v) is 8.22. The molecule has 70 valence electrons. The SMILES string of the molecule is CC1(C)[C@@]2(N)CC[C@]1(C)[C@@H](O)C2. The first-order valence-corrected chi connectivity index (χ1v) is 4.80. The van der Waals surface area contributed by atoms with Crippen LogP contribution in [-0.2, 0) is 0 Å². The summed E-state index contributed by atoms with van der Waals surface area (Å²) in [5.41, 5.74) is 6.34. The van der Waals surface area contributed by atoms with Crippen LogP contribution in [-0.4, -0.2) is 16.7 Å². The van der Waals surface area contributed by atoms with Gasteiger partial charge in [-0.1, -0.05) is 20.8 Å². The summed E-state index contributed by atoms with van der Waals surface area (Å²) < 4.78 is 0. The maximum Gasteiger partial charge on any atom is 0.0617 e. The highest BCUT2D eigenvalue weighted by Gasteiger charge is 2.67. The molecule has 0 radical (unpaired) electrons. The lowest BCUT2D eigenvalue weighted by Crippen LogP contribution is -2.47. The molecule has 2 aliphatic rings. The predicted octanol–water partition coefficient (Wildman–Crippen LogP) is 1.27. The zero-order chi connectivity index (χ0) is 9.20. The van der Waals surface area contributed by atoms with Crippen molar-refractivity contribution in [2.75, 3.05) is 0 Å². The number of rotatable bonds is 0. The highest BCUT2D eigenvalue weighted by atomic mass is 16.3. The van der Waals surface area contributed by atoms with Crippen LogP contribution >= 0.6 is 0 Å². The Bertz CT molecular complexity index is 223. The molecule has 0 aromatic carbocycles. The smallest absolute Gasteiger partial charge is 0.0617 e. The first-order chi connectivity index (χ1) is 5.33. The molecule has 0 amide bonds. The lowest BCUT2D eigenvalue weighted by molar-refractivity contribution is 0.0124. The third-order valence-electron chi connectivity index (χ3n) is 5.06. The predicted molar refractivity (Wildman–Crippen MR) is 48.7 cm³/mol. The molecule has 0 aliphatic heterocycles. The van der Waals surface area contributed by atoms with Crippen LogP contribution in [0.15, 0.2) is 0 Å². The van der Waals surface area contributed by atoms with E-state index in [2.05, 4.69) is 20.8 Å². The van der Waals surface area contributed by atoms with Gasteiger partial charge in [-0.25, -0.2) is 0 Å². The summed E-state index contributed by atoms with van der Waals surface area (Å²) in [5.74, 6) is 0. The Kier molecular flexibility index (Phi) is 1.33. The highest BCUT2D eigenvalue weighted by molar-refractivity contribution is 5.21. The molecular weight excluding hydrogens is 150 g/mol. The van der Waals surface area contributed by atoms with Gasteiger partial charge in [0.1, 0.15) is 0 Å². The maximum atomic E-state index is 9.90. The summed E-state index contributed by atoms with van der Waals surface area (Å²) in [6.07, 6.45) is 2.76. The Morgan fingerprint density at radius 3 is 2.00 bits per heavy atom. The molecular formula is C10H19NO. The van der Waals surface area contributed by atoms with Gasteiger partial charge in [-0.3, -0.25) is 0 Å². The van der Waals surface area contributed by atoms with E-state index >= 15 is 0 Å². The van der Waals surface area contributed by atoms with Gasteiger partial charge in [0.2, 0.25) is 0 Å². The maximum absolute atomic E-state index is 9.90. The summed E-state index contributed by atoms with van der Waals surface area (Å²) in [4.78, 5) is 0. The molecule has 2 saturated carbocycles. The van der Waals surface area contributed by atoms with Crippen LogP contribution in [0.5, 0.6) is 0 Å². The normalized spacial score (nSPS) is 56.2. The van der Waals surface area contributed by atoms with E-state index in [1.165, 1.54) is 0 Å². The fourth-order valence-corrected chi connectivity index (χ4v) is 3.19. The molecule has 2 rings (SSSR count). The lowest BCUT2D eigenvalue weighted by Gasteiger charge is -2.39. The minimum atomic E-state index is -0.189. The van der Waals surface area contributed by atoms with E-state index < -0.39 is 0 Å². The Labute approximate surface area is 74.1 Å². The fourth-order valence-electron chi connectivity index (χ4n) is 3.19. The van der Waals surface area contributed by atoms with Crippen molar-refractivity contribution in [1.29, 1.82) is 0 Å². The van der Waals surface area contributed by atoms with Crippen molar-refractivity contribution in [3.05, 3.63) is 0 Å². The molecule has 2 fully saturated rings. The van der Waals surface area contributed by atoms with E-state index in [-0.39, 0.29) is 22.5 Å². The first-order valence-electron chi connectivity index (χ1n) is 4.80. The van der Waals surface area contributed by atoms with Crippen molar-refractivity contribution < 1.29 is 5.11 Å². The average molecular weight is 169 g/mol. The number of fused-ring (bicyclic) bond motifs is 2. The van der Waals surface area contributed by atoms with Gasteiger partial charge >= 0.3 is 0 Å². The quantitative estimate of drug-likeness (QED) is 0.573. The molecule has 3 atom stereocenters. The zero-order valence-electron chi connectivity index (χ0n) is 8.22. The van der Waals surface area contributed by atoms with Gasteiger partial charge in [0, 0.05) is 11.0 Å². The first kappa shape index (κ1) is 8.52. The molecule has 0 heterocycles. The van der Waals surface area contributed by atoms with E-state index in [0.29, 0.717) is 0 Å². The second-order valence-electron chi connectivity index (χ2n) is 5.42. The second-order valence-corrected chi connectivity index (χ2v) is 5.42. The summed E-state index contributed by atoms with van der Waals surface area (Å²) in [5, 5.41) is 9.90. The Morgan fingerprint density at radius 1 is 1.25 bits per heavy atom. The van der Waals surface area contributed by atoms with Crippen LogP contribution in [0.2, 0.25) is 0 Å². The summed E-state index contributed by atoms with van der Waals surface area (Å²) in [6, 6.07) is 0. The summed E-state index contributed by atoms with van der Waals surface area (Å²) in [6.45, 7) is 6.59. The van der Waals surface area contributed by atoms with E-state index in [1.54, 1.807) is 0 Å². The molecule has 2 heteroatoms. The lowest BCUT2D eigenvalue weighted by atomic mass is 9.68. The van der Waals surface area contributed by atoms with Crippen molar-refractivity contribution in [1.82, 2.24) is 0 Å². The van der Waals surface area contributed by atoms with Crippen LogP contribution in [0.3, 0.4) is 0 Å². The van der Waals surface area contributed by atoms with Crippen LogP contribution in [0, 0.1) is 10.8 Å². The largest absolute Gasteiger partial charge is 0.392 e. The molecule has 0 aromatic heterocycles. The van der Waals surface area contributed by atoms with Crippen LogP contribution in [0.25, 0.3) is 0 Å². The molecule has 2 aliphatic carbocycles. The summed E-state index contributed by atoms with van der Waals surface area (Å²) >= 11 is 0. The minimum Gasteiger partial charge on any atom is -0.392 e. The molecule has 0 spiro atoms. The van der Waals surface area contributed by atoms with Crippen molar-refractivity contribution >= 4 is 0 Å². The van der Waals surface area contributed by atoms with Gasteiger partial charge in [-0.05, 0) is 24.7 Å². The van der Waals surface area contributed by atoms with Crippen molar-refractivity contribution in [2.24, 2.45) is 16.6 Å². The Morgan fingerprint density at radius 2 is 1.83 bits per heavy atom. The second kappa shape index (κ2) is 1.88. The molecule has 2 nitrogen and oxygen atoms in total. The minimum absolute atomic E-state index is 0.0573. The number of hydrogen-bond donors (Lipinski definition) is 2. The van der Waals surface area contributed by atoms with Crippen molar-refractivity contribution in [2.45, 2.75) is 51.7 Å². The van der Waals surface area contributed by atoms with Gasteiger partial charge < -0.3 is 10.8 Å². The van der Waals surface area contributed by atoms with E-state index in [9.17, 15) is 5.11 Å². The number of aliphatic hydroxyl groups excluding tert-OH is 1. The highest BCUT2D eigenvalue weighted by Crippen LogP contribution is 2.66. The van der Waals surface area contributed by atoms with E-state index in [0.717, 1.165) is 19.3 Å². The van der Waals surface area contributed by atoms with Gasteiger partial charge in [-0.2, -0.15) is 0 Å². The monoisotopic (exact) mass is 169 g/mol. The average Bonchev–Trinajstić information content (AvgIpc) is 2.18.